The van der Waals surface area contributed by atoms with Crippen molar-refractivity contribution in [2.75, 3.05) is 0 Å². The maximum Gasteiger partial charge on any atom is 0.159 e. The van der Waals surface area contributed by atoms with Crippen molar-refractivity contribution in [2.24, 2.45) is 0 Å². The van der Waals surface area contributed by atoms with Crippen LogP contribution in [-0.2, 0) is 10.3 Å². The first kappa shape index (κ1) is 14.3. The van der Waals surface area contributed by atoms with Gasteiger partial charge < -0.3 is 20.1 Å². The Hall–Kier alpha value is -1.08. The van der Waals surface area contributed by atoms with Crippen LogP contribution in [0.15, 0.2) is 18.2 Å². The average molecular weight is 274 g/mol. The molecule has 5 unspecified atom stereocenters. The Bertz CT molecular complexity index is 478. The van der Waals surface area contributed by atoms with Gasteiger partial charge in [0.1, 0.15) is 23.9 Å². The van der Waals surface area contributed by atoms with Gasteiger partial charge in [-0.25, -0.2) is 8.78 Å². The van der Waals surface area contributed by atoms with Crippen molar-refractivity contribution < 1.29 is 28.8 Å². The molecule has 1 aliphatic rings. The predicted octanol–water partition coefficient (Wildman–Crippen LogP) is 0.681. The fourth-order valence-corrected chi connectivity index (χ4v) is 2.29. The van der Waals surface area contributed by atoms with E-state index in [2.05, 4.69) is 0 Å². The Morgan fingerprint density at radius 3 is 2.26 bits per heavy atom. The number of benzene rings is 1. The molecule has 4 nitrogen and oxygen atoms in total. The highest BCUT2D eigenvalue weighted by Crippen LogP contribution is 2.35. The largest absolute Gasteiger partial charge is 0.388 e. The summed E-state index contributed by atoms with van der Waals surface area (Å²) in [5, 5.41) is 29.9. The minimum atomic E-state index is -1.75. The summed E-state index contributed by atoms with van der Waals surface area (Å²) in [7, 11) is 0. The van der Waals surface area contributed by atoms with Crippen molar-refractivity contribution in [3.8, 4) is 0 Å². The average Bonchev–Trinajstić information content (AvgIpc) is 2.61. The molecule has 1 heterocycles. The molecule has 1 aromatic rings. The number of halogens is 2. The van der Waals surface area contributed by atoms with E-state index in [1.165, 1.54) is 13.0 Å². The topological polar surface area (TPSA) is 69.9 Å². The molecule has 1 aliphatic heterocycles. The lowest BCUT2D eigenvalue weighted by Crippen LogP contribution is -2.45. The molecule has 0 saturated carbocycles. The van der Waals surface area contributed by atoms with Gasteiger partial charge >= 0.3 is 0 Å². The third-order valence-corrected chi connectivity index (χ3v) is 3.56. The van der Waals surface area contributed by atoms with Crippen LogP contribution in [0.25, 0.3) is 0 Å². The normalized spacial score (nSPS) is 34.3. The first-order chi connectivity index (χ1) is 8.75. The number of rotatable bonds is 2. The molecule has 6 heteroatoms. The standard InChI is InChI=1S/C13H16F2O4/c1-6-10(16)11(17)12(19-6)13(2,18)7-3-4-8(14)9(15)5-7/h3-6,10-12,16-18H,1-2H3. The highest BCUT2D eigenvalue weighted by Gasteiger charge is 2.50. The molecule has 19 heavy (non-hydrogen) atoms. The van der Waals surface area contributed by atoms with Gasteiger partial charge in [0, 0.05) is 0 Å². The highest BCUT2D eigenvalue weighted by molar-refractivity contribution is 5.26. The molecule has 106 valence electrons. The molecule has 1 aromatic carbocycles. The lowest BCUT2D eigenvalue weighted by molar-refractivity contribution is -0.122. The molecule has 0 radical (unpaired) electrons. The van der Waals surface area contributed by atoms with Crippen molar-refractivity contribution in [3.05, 3.63) is 35.4 Å². The predicted molar refractivity (Wildman–Crippen MR) is 62.3 cm³/mol. The highest BCUT2D eigenvalue weighted by atomic mass is 19.2. The van der Waals surface area contributed by atoms with E-state index >= 15 is 0 Å². The van der Waals surface area contributed by atoms with Crippen LogP contribution in [-0.4, -0.2) is 39.7 Å². The summed E-state index contributed by atoms with van der Waals surface area (Å²) in [4.78, 5) is 0. The first-order valence-corrected chi connectivity index (χ1v) is 5.94. The molecule has 5 atom stereocenters. The minimum absolute atomic E-state index is 0.0664. The van der Waals surface area contributed by atoms with Crippen LogP contribution in [0, 0.1) is 11.6 Å². The molecule has 0 amide bonds. The van der Waals surface area contributed by atoms with Gasteiger partial charge in [0.25, 0.3) is 0 Å². The zero-order valence-electron chi connectivity index (χ0n) is 10.5. The fourth-order valence-electron chi connectivity index (χ4n) is 2.29. The van der Waals surface area contributed by atoms with Crippen molar-refractivity contribution in [1.82, 2.24) is 0 Å². The van der Waals surface area contributed by atoms with E-state index in [-0.39, 0.29) is 5.56 Å². The smallest absolute Gasteiger partial charge is 0.159 e. The minimum Gasteiger partial charge on any atom is -0.388 e. The maximum absolute atomic E-state index is 13.2. The van der Waals surface area contributed by atoms with Gasteiger partial charge in [-0.2, -0.15) is 0 Å². The Morgan fingerprint density at radius 2 is 1.79 bits per heavy atom. The summed E-state index contributed by atoms with van der Waals surface area (Å²) >= 11 is 0. The van der Waals surface area contributed by atoms with Gasteiger partial charge in [-0.1, -0.05) is 6.07 Å². The van der Waals surface area contributed by atoms with Crippen molar-refractivity contribution >= 4 is 0 Å². The summed E-state index contributed by atoms with van der Waals surface area (Å²) < 4.78 is 31.4. The Balaban J connectivity index is 2.34. The van der Waals surface area contributed by atoms with Gasteiger partial charge in [0.2, 0.25) is 0 Å². The van der Waals surface area contributed by atoms with E-state index in [0.29, 0.717) is 0 Å². The molecule has 3 N–H and O–H groups in total. The Morgan fingerprint density at radius 1 is 1.16 bits per heavy atom. The second-order valence-electron chi connectivity index (χ2n) is 5.02. The van der Waals surface area contributed by atoms with Crippen molar-refractivity contribution in [1.29, 1.82) is 0 Å². The zero-order valence-corrected chi connectivity index (χ0v) is 10.5. The molecule has 0 spiro atoms. The van der Waals surface area contributed by atoms with E-state index in [4.69, 9.17) is 4.74 Å². The maximum atomic E-state index is 13.2. The van der Waals surface area contributed by atoms with Crippen LogP contribution in [0.5, 0.6) is 0 Å². The third-order valence-electron chi connectivity index (χ3n) is 3.56. The number of hydrogen-bond donors (Lipinski definition) is 3. The van der Waals surface area contributed by atoms with Gasteiger partial charge in [-0.3, -0.25) is 0 Å². The quantitative estimate of drug-likeness (QED) is 0.742. The van der Waals surface area contributed by atoms with E-state index in [1.54, 1.807) is 6.92 Å². The summed E-state index contributed by atoms with van der Waals surface area (Å²) in [6.45, 7) is 2.87. The van der Waals surface area contributed by atoms with Crippen LogP contribution >= 0.6 is 0 Å². The Kier molecular flexibility index (Phi) is 3.61. The third kappa shape index (κ3) is 2.36. The lowest BCUT2D eigenvalue weighted by atomic mass is 9.86. The van der Waals surface area contributed by atoms with Gasteiger partial charge in [-0.15, -0.1) is 0 Å². The molecular formula is C13H16F2O4. The van der Waals surface area contributed by atoms with Crippen molar-refractivity contribution in [3.63, 3.8) is 0 Å². The number of aliphatic hydroxyl groups is 3. The van der Waals surface area contributed by atoms with Gasteiger partial charge in [0.15, 0.2) is 11.6 Å². The van der Waals surface area contributed by atoms with E-state index in [9.17, 15) is 24.1 Å². The molecule has 0 aromatic heterocycles. The second kappa shape index (κ2) is 4.79. The van der Waals surface area contributed by atoms with E-state index < -0.39 is 41.7 Å². The van der Waals surface area contributed by atoms with Gasteiger partial charge in [-0.05, 0) is 31.5 Å². The van der Waals surface area contributed by atoms with Crippen LogP contribution in [0.4, 0.5) is 8.78 Å². The zero-order chi connectivity index (χ0) is 14.4. The molecule has 1 fully saturated rings. The van der Waals surface area contributed by atoms with Crippen LogP contribution in [0.1, 0.15) is 19.4 Å². The van der Waals surface area contributed by atoms with Crippen LogP contribution in [0.2, 0.25) is 0 Å². The van der Waals surface area contributed by atoms with Crippen LogP contribution < -0.4 is 0 Å². The fraction of sp³-hybridized carbons (Fsp3) is 0.538. The number of hydrogen-bond acceptors (Lipinski definition) is 4. The SMILES string of the molecule is CC1OC(C(C)(O)c2ccc(F)c(F)c2)C(O)C1O. The van der Waals surface area contributed by atoms with E-state index in [1.807, 2.05) is 0 Å². The van der Waals surface area contributed by atoms with Gasteiger partial charge in [0.05, 0.1) is 6.10 Å². The lowest BCUT2D eigenvalue weighted by Gasteiger charge is -2.32. The summed E-state index contributed by atoms with van der Waals surface area (Å²) in [5.74, 6) is -2.13. The molecule has 1 saturated heterocycles. The number of ether oxygens (including phenoxy) is 1. The Labute approximate surface area is 109 Å². The summed E-state index contributed by atoms with van der Waals surface area (Å²) in [5.41, 5.74) is -1.68. The molecular weight excluding hydrogens is 258 g/mol. The molecule has 0 bridgehead atoms. The number of aliphatic hydroxyl groups excluding tert-OH is 2. The monoisotopic (exact) mass is 274 g/mol. The van der Waals surface area contributed by atoms with E-state index in [0.717, 1.165) is 12.1 Å². The first-order valence-electron chi connectivity index (χ1n) is 5.94. The van der Waals surface area contributed by atoms with Crippen LogP contribution in [0.3, 0.4) is 0 Å². The summed E-state index contributed by atoms with van der Waals surface area (Å²) in [6.07, 6.45) is -4.22. The summed E-state index contributed by atoms with van der Waals surface area (Å²) in [6, 6.07) is 2.95. The van der Waals surface area contributed by atoms with Crippen molar-refractivity contribution in [2.45, 2.75) is 43.9 Å². The molecule has 0 aliphatic carbocycles. The second-order valence-corrected chi connectivity index (χ2v) is 5.02. The molecule has 2 rings (SSSR count).